The van der Waals surface area contributed by atoms with Crippen LogP contribution < -0.4 is 10.7 Å². The topological polar surface area (TPSA) is 90.3 Å². The van der Waals surface area contributed by atoms with Crippen LogP contribution >= 0.6 is 0 Å². The maximum absolute atomic E-state index is 12.4. The van der Waals surface area contributed by atoms with Crippen molar-refractivity contribution in [1.82, 2.24) is 9.78 Å². The second kappa shape index (κ2) is 8.94. The fourth-order valence-electron chi connectivity index (χ4n) is 2.71. The van der Waals surface area contributed by atoms with E-state index < -0.39 is 0 Å². The third kappa shape index (κ3) is 4.62. The van der Waals surface area contributed by atoms with Crippen molar-refractivity contribution in [2.75, 3.05) is 11.9 Å². The summed E-state index contributed by atoms with van der Waals surface area (Å²) in [6, 6.07) is 13.5. The first-order valence-corrected chi connectivity index (χ1v) is 9.10. The summed E-state index contributed by atoms with van der Waals surface area (Å²) >= 11 is 0. The van der Waals surface area contributed by atoms with Gasteiger partial charge in [0.05, 0.1) is 23.9 Å². The van der Waals surface area contributed by atoms with Crippen LogP contribution in [-0.2, 0) is 16.1 Å². The Morgan fingerprint density at radius 2 is 1.86 bits per heavy atom. The lowest BCUT2D eigenvalue weighted by Gasteiger charge is -2.10. The number of hydrogen-bond acceptors (Lipinski definition) is 5. The van der Waals surface area contributed by atoms with Crippen LogP contribution in [0.25, 0.3) is 10.9 Å². The highest BCUT2D eigenvalue weighted by Gasteiger charge is 2.10. The number of carbonyl (C=O) groups excluding carboxylic acids is 2. The lowest BCUT2D eigenvalue weighted by atomic mass is 10.2. The van der Waals surface area contributed by atoms with Crippen molar-refractivity contribution < 1.29 is 14.3 Å². The lowest BCUT2D eigenvalue weighted by molar-refractivity contribution is -0.116. The standard InChI is InChI=1S/C21H21N3O4/c1-2-3-12-28-21(27)15-8-10-16(11-9-15)23-20(26)14-24-18-7-5-4-6-17(18)19(25)13-22-24/h4-11,13H,2-3,12,14H2,1H3,(H,23,26). The summed E-state index contributed by atoms with van der Waals surface area (Å²) in [6.07, 6.45) is 2.99. The summed E-state index contributed by atoms with van der Waals surface area (Å²) in [5, 5.41) is 7.31. The monoisotopic (exact) mass is 379 g/mol. The number of esters is 1. The van der Waals surface area contributed by atoms with Gasteiger partial charge in [-0.05, 0) is 42.8 Å². The smallest absolute Gasteiger partial charge is 0.338 e. The fourth-order valence-corrected chi connectivity index (χ4v) is 2.71. The number of ether oxygens (including phenoxy) is 1. The summed E-state index contributed by atoms with van der Waals surface area (Å²) in [5.41, 5.74) is 1.40. The Morgan fingerprint density at radius 1 is 1.11 bits per heavy atom. The number of aromatic nitrogens is 2. The van der Waals surface area contributed by atoms with Gasteiger partial charge in [0, 0.05) is 11.1 Å². The molecule has 0 radical (unpaired) electrons. The van der Waals surface area contributed by atoms with E-state index in [9.17, 15) is 14.4 Å². The summed E-state index contributed by atoms with van der Waals surface area (Å²) in [5.74, 6) is -0.671. The molecule has 3 aromatic rings. The number of amides is 1. The van der Waals surface area contributed by atoms with Gasteiger partial charge in [-0.25, -0.2) is 4.79 Å². The molecule has 0 fully saturated rings. The number of hydrogen-bond donors (Lipinski definition) is 1. The van der Waals surface area contributed by atoms with Gasteiger partial charge < -0.3 is 10.1 Å². The van der Waals surface area contributed by atoms with Gasteiger partial charge in [-0.2, -0.15) is 5.10 Å². The largest absolute Gasteiger partial charge is 0.462 e. The quantitative estimate of drug-likeness (QED) is 0.503. The molecule has 7 nitrogen and oxygen atoms in total. The highest BCUT2D eigenvalue weighted by molar-refractivity contribution is 5.93. The van der Waals surface area contributed by atoms with Crippen LogP contribution in [0.5, 0.6) is 0 Å². The van der Waals surface area contributed by atoms with Crippen molar-refractivity contribution in [2.24, 2.45) is 0 Å². The molecular weight excluding hydrogens is 358 g/mol. The summed E-state index contributed by atoms with van der Waals surface area (Å²) in [7, 11) is 0. The van der Waals surface area contributed by atoms with E-state index in [4.69, 9.17) is 4.74 Å². The van der Waals surface area contributed by atoms with Crippen LogP contribution in [0.1, 0.15) is 30.1 Å². The molecule has 7 heteroatoms. The Balaban J connectivity index is 1.65. The highest BCUT2D eigenvalue weighted by atomic mass is 16.5. The van der Waals surface area contributed by atoms with Gasteiger partial charge in [0.1, 0.15) is 6.54 Å². The van der Waals surface area contributed by atoms with Gasteiger partial charge in [-0.1, -0.05) is 25.5 Å². The minimum absolute atomic E-state index is 0.0401. The zero-order valence-electron chi connectivity index (χ0n) is 15.6. The number of benzene rings is 2. The van der Waals surface area contributed by atoms with Crippen molar-refractivity contribution in [1.29, 1.82) is 0 Å². The Bertz CT molecular complexity index is 1040. The number of unbranched alkanes of at least 4 members (excludes halogenated alkanes) is 1. The van der Waals surface area contributed by atoms with Crippen molar-refractivity contribution >= 4 is 28.5 Å². The van der Waals surface area contributed by atoms with E-state index >= 15 is 0 Å². The number of rotatable bonds is 7. The first kappa shape index (κ1) is 19.3. The molecule has 1 aromatic heterocycles. The SMILES string of the molecule is CCCCOC(=O)c1ccc(NC(=O)Cn2ncc(=O)c3ccccc32)cc1. The van der Waals surface area contributed by atoms with Crippen molar-refractivity contribution in [3.63, 3.8) is 0 Å². The predicted octanol–water partition coefficient (Wildman–Crippen LogP) is 2.99. The Kier molecular flexibility index (Phi) is 6.16. The van der Waals surface area contributed by atoms with Gasteiger partial charge in [-0.15, -0.1) is 0 Å². The molecule has 2 aromatic carbocycles. The predicted molar refractivity (Wildman–Crippen MR) is 106 cm³/mol. The van der Waals surface area contributed by atoms with Crippen LogP contribution in [0.4, 0.5) is 5.69 Å². The van der Waals surface area contributed by atoms with Crippen molar-refractivity contribution in [3.05, 3.63) is 70.5 Å². The van der Waals surface area contributed by atoms with Gasteiger partial charge in [0.25, 0.3) is 0 Å². The number of para-hydroxylation sites is 1. The van der Waals surface area contributed by atoms with E-state index in [1.165, 1.54) is 10.9 Å². The second-order valence-electron chi connectivity index (χ2n) is 6.30. The minimum Gasteiger partial charge on any atom is -0.462 e. The van der Waals surface area contributed by atoms with Crippen LogP contribution in [-0.4, -0.2) is 28.3 Å². The van der Waals surface area contributed by atoms with E-state index in [1.54, 1.807) is 48.5 Å². The van der Waals surface area contributed by atoms with Gasteiger partial charge in [-0.3, -0.25) is 14.3 Å². The minimum atomic E-state index is -0.379. The molecule has 0 saturated carbocycles. The molecule has 0 atom stereocenters. The van der Waals surface area contributed by atoms with Gasteiger partial charge in [0.15, 0.2) is 0 Å². The van der Waals surface area contributed by atoms with E-state index in [0.29, 0.717) is 28.8 Å². The van der Waals surface area contributed by atoms with E-state index in [-0.39, 0.29) is 23.9 Å². The molecule has 0 unspecified atom stereocenters. The molecule has 0 spiro atoms. The first-order valence-electron chi connectivity index (χ1n) is 9.10. The average molecular weight is 379 g/mol. The maximum Gasteiger partial charge on any atom is 0.338 e. The molecule has 0 aliphatic heterocycles. The second-order valence-corrected chi connectivity index (χ2v) is 6.30. The third-order valence-electron chi connectivity index (χ3n) is 4.19. The molecule has 0 bridgehead atoms. The Labute approximate surface area is 161 Å². The molecule has 0 saturated heterocycles. The number of carbonyl (C=O) groups is 2. The van der Waals surface area contributed by atoms with E-state index in [0.717, 1.165) is 12.8 Å². The average Bonchev–Trinajstić information content (AvgIpc) is 2.71. The Hall–Kier alpha value is -3.48. The molecule has 0 aliphatic rings. The van der Waals surface area contributed by atoms with Gasteiger partial charge >= 0.3 is 5.97 Å². The number of nitrogens with zero attached hydrogens (tertiary/aromatic N) is 2. The van der Waals surface area contributed by atoms with Crippen molar-refractivity contribution in [2.45, 2.75) is 26.3 Å². The molecule has 1 amide bonds. The van der Waals surface area contributed by atoms with Crippen LogP contribution in [0.3, 0.4) is 0 Å². The number of anilines is 1. The number of nitrogens with one attached hydrogen (secondary N) is 1. The zero-order chi connectivity index (χ0) is 19.9. The maximum atomic E-state index is 12.4. The van der Waals surface area contributed by atoms with Crippen LogP contribution in [0.15, 0.2) is 59.5 Å². The molecule has 1 heterocycles. The van der Waals surface area contributed by atoms with Gasteiger partial charge in [0.2, 0.25) is 11.3 Å². The Morgan fingerprint density at radius 3 is 2.61 bits per heavy atom. The highest BCUT2D eigenvalue weighted by Crippen LogP contribution is 2.12. The van der Waals surface area contributed by atoms with E-state index in [1.807, 2.05) is 6.92 Å². The summed E-state index contributed by atoms with van der Waals surface area (Å²) < 4.78 is 6.63. The van der Waals surface area contributed by atoms with E-state index in [2.05, 4.69) is 10.4 Å². The van der Waals surface area contributed by atoms with Crippen LogP contribution in [0.2, 0.25) is 0 Å². The summed E-state index contributed by atoms with van der Waals surface area (Å²) in [4.78, 5) is 36.1. The normalized spacial score (nSPS) is 10.6. The molecule has 144 valence electrons. The van der Waals surface area contributed by atoms with Crippen molar-refractivity contribution in [3.8, 4) is 0 Å². The summed E-state index contributed by atoms with van der Waals surface area (Å²) in [6.45, 7) is 2.38. The zero-order valence-corrected chi connectivity index (χ0v) is 15.6. The molecule has 28 heavy (non-hydrogen) atoms. The van der Waals surface area contributed by atoms with Crippen LogP contribution in [0, 0.1) is 0 Å². The lowest BCUT2D eigenvalue weighted by Crippen LogP contribution is -2.22. The molecule has 0 aliphatic carbocycles. The fraction of sp³-hybridized carbons (Fsp3) is 0.238. The number of fused-ring (bicyclic) bond motifs is 1. The third-order valence-corrected chi connectivity index (χ3v) is 4.19. The first-order chi connectivity index (χ1) is 13.6. The molecule has 3 rings (SSSR count). The molecular formula is C21H21N3O4. The molecule has 1 N–H and O–H groups in total.